The first-order valence-corrected chi connectivity index (χ1v) is 13.3. The van der Waals surface area contributed by atoms with Crippen molar-refractivity contribution in [3.05, 3.63) is 131 Å². The van der Waals surface area contributed by atoms with E-state index in [0.717, 1.165) is 23.1 Å². The zero-order valence-electron chi connectivity index (χ0n) is 20.1. The molecule has 0 N–H and O–H groups in total. The fourth-order valence-corrected chi connectivity index (χ4v) is 5.29. The van der Waals surface area contributed by atoms with Crippen LogP contribution in [0.5, 0.6) is 5.75 Å². The van der Waals surface area contributed by atoms with Crippen LogP contribution in [0.4, 0.5) is 0 Å². The monoisotopic (exact) mass is 500 g/mol. The van der Waals surface area contributed by atoms with Gasteiger partial charge in [0.15, 0.2) is 9.84 Å². The van der Waals surface area contributed by atoms with E-state index in [0.29, 0.717) is 29.2 Å². The van der Waals surface area contributed by atoms with Crippen molar-refractivity contribution in [3.63, 3.8) is 0 Å². The Morgan fingerprint density at radius 2 is 1.36 bits per heavy atom. The molecule has 4 aromatic carbocycles. The number of ether oxygens (including phenoxy) is 2. The lowest BCUT2D eigenvalue weighted by Gasteiger charge is -2.14. The Morgan fingerprint density at radius 1 is 0.722 bits per heavy atom. The highest BCUT2D eigenvalue weighted by molar-refractivity contribution is 7.90. The highest BCUT2D eigenvalue weighted by Gasteiger charge is 2.16. The molecule has 0 aliphatic rings. The topological polar surface area (TPSA) is 69.7 Å². The molecule has 0 bridgehead atoms. The first-order chi connectivity index (χ1) is 17.4. The predicted molar refractivity (Wildman–Crippen MR) is 140 cm³/mol. The summed E-state index contributed by atoms with van der Waals surface area (Å²) in [5.74, 6) is 0.250. The van der Waals surface area contributed by atoms with Crippen molar-refractivity contribution >= 4 is 15.8 Å². The van der Waals surface area contributed by atoms with Gasteiger partial charge < -0.3 is 9.47 Å². The zero-order valence-corrected chi connectivity index (χ0v) is 20.9. The summed E-state index contributed by atoms with van der Waals surface area (Å²) in [4.78, 5) is 12.0. The molecule has 0 saturated carbocycles. The van der Waals surface area contributed by atoms with Crippen molar-refractivity contribution in [3.8, 4) is 5.75 Å². The maximum Gasteiger partial charge on any atom is 0.337 e. The van der Waals surface area contributed by atoms with E-state index in [1.807, 2.05) is 48.5 Å². The Bertz CT molecular complexity index is 1400. The molecule has 0 aliphatic heterocycles. The van der Waals surface area contributed by atoms with Gasteiger partial charge in [0.25, 0.3) is 0 Å². The van der Waals surface area contributed by atoms with E-state index in [1.54, 1.807) is 42.5 Å². The molecule has 4 aromatic rings. The lowest BCUT2D eigenvalue weighted by Crippen LogP contribution is -2.07. The summed E-state index contributed by atoms with van der Waals surface area (Å²) < 4.78 is 36.7. The van der Waals surface area contributed by atoms with Gasteiger partial charge >= 0.3 is 5.97 Å². The number of esters is 1. The van der Waals surface area contributed by atoms with Gasteiger partial charge in [-0.15, -0.1) is 0 Å². The lowest BCUT2D eigenvalue weighted by atomic mass is 10.0. The van der Waals surface area contributed by atoms with E-state index in [2.05, 4.69) is 12.1 Å². The van der Waals surface area contributed by atoms with E-state index in [4.69, 9.17) is 9.47 Å². The number of carbonyl (C=O) groups excluding carboxylic acids is 1. The molecule has 0 atom stereocenters. The second-order valence-corrected chi connectivity index (χ2v) is 10.5. The van der Waals surface area contributed by atoms with Crippen LogP contribution in [-0.4, -0.2) is 21.5 Å². The van der Waals surface area contributed by atoms with Gasteiger partial charge in [-0.05, 0) is 65.4 Å². The number of aryl methyl sites for hydroxylation is 2. The average Bonchev–Trinajstić information content (AvgIpc) is 2.92. The van der Waals surface area contributed by atoms with Crippen LogP contribution in [0.3, 0.4) is 0 Å². The number of sulfone groups is 1. The Labute approximate surface area is 212 Å². The molecule has 0 spiro atoms. The molecule has 0 amide bonds. The van der Waals surface area contributed by atoms with Gasteiger partial charge in [0.2, 0.25) is 0 Å². The summed E-state index contributed by atoms with van der Waals surface area (Å²) in [5.41, 5.74) is 4.26. The van der Waals surface area contributed by atoms with Gasteiger partial charge in [0.05, 0.1) is 23.3 Å². The van der Waals surface area contributed by atoms with Crippen LogP contribution in [-0.2, 0) is 39.8 Å². The first kappa shape index (κ1) is 25.2. The van der Waals surface area contributed by atoms with Crippen molar-refractivity contribution < 1.29 is 22.7 Å². The molecule has 0 aliphatic carbocycles. The molecule has 0 aromatic heterocycles. The minimum Gasteiger partial charge on any atom is -0.489 e. The highest BCUT2D eigenvalue weighted by Crippen LogP contribution is 2.26. The van der Waals surface area contributed by atoms with E-state index in [1.165, 1.54) is 12.7 Å². The van der Waals surface area contributed by atoms with Crippen molar-refractivity contribution in [2.45, 2.75) is 30.1 Å². The lowest BCUT2D eigenvalue weighted by molar-refractivity contribution is 0.0600. The van der Waals surface area contributed by atoms with Crippen molar-refractivity contribution in [1.29, 1.82) is 0 Å². The molecule has 6 heteroatoms. The zero-order chi connectivity index (χ0) is 25.4. The van der Waals surface area contributed by atoms with Crippen LogP contribution in [0.1, 0.15) is 32.6 Å². The molecule has 0 unspecified atom stereocenters. The smallest absolute Gasteiger partial charge is 0.337 e. The summed E-state index contributed by atoms with van der Waals surface area (Å²) >= 11 is 0. The Morgan fingerprint density at radius 3 is 2.03 bits per heavy atom. The average molecular weight is 501 g/mol. The van der Waals surface area contributed by atoms with E-state index in [9.17, 15) is 13.2 Å². The third-order valence-corrected chi connectivity index (χ3v) is 7.58. The predicted octanol–water partition coefficient (Wildman–Crippen LogP) is 5.81. The molecule has 4 rings (SSSR count). The van der Waals surface area contributed by atoms with Crippen LogP contribution in [0, 0.1) is 0 Å². The van der Waals surface area contributed by atoms with Crippen molar-refractivity contribution in [1.82, 2.24) is 0 Å². The molecule has 36 heavy (non-hydrogen) atoms. The van der Waals surface area contributed by atoms with Crippen molar-refractivity contribution in [2.24, 2.45) is 0 Å². The Balaban J connectivity index is 1.54. The highest BCUT2D eigenvalue weighted by atomic mass is 32.2. The maximum absolute atomic E-state index is 12.9. The number of rotatable bonds is 10. The van der Waals surface area contributed by atoms with Gasteiger partial charge in [-0.2, -0.15) is 0 Å². The number of carbonyl (C=O) groups is 1. The molecule has 184 valence electrons. The quantitative estimate of drug-likeness (QED) is 0.257. The van der Waals surface area contributed by atoms with Gasteiger partial charge in [-0.1, -0.05) is 72.8 Å². The van der Waals surface area contributed by atoms with Crippen LogP contribution >= 0.6 is 0 Å². The van der Waals surface area contributed by atoms with Crippen LogP contribution < -0.4 is 4.74 Å². The molecule has 5 nitrogen and oxygen atoms in total. The number of hydrogen-bond acceptors (Lipinski definition) is 5. The fourth-order valence-electron chi connectivity index (χ4n) is 3.93. The third-order valence-electron chi connectivity index (χ3n) is 5.88. The third kappa shape index (κ3) is 6.61. The Hall–Kier alpha value is -3.90. The minimum absolute atomic E-state index is 0.0787. The largest absolute Gasteiger partial charge is 0.489 e. The molecule has 0 saturated heterocycles. The molecule has 0 radical (unpaired) electrons. The first-order valence-electron chi connectivity index (χ1n) is 11.7. The van der Waals surface area contributed by atoms with Gasteiger partial charge in [-0.3, -0.25) is 0 Å². The normalized spacial score (nSPS) is 11.1. The van der Waals surface area contributed by atoms with Gasteiger partial charge in [0, 0.05) is 0 Å². The summed E-state index contributed by atoms with van der Waals surface area (Å²) in [5, 5.41) is 0. The van der Waals surface area contributed by atoms with E-state index < -0.39 is 9.84 Å². The maximum atomic E-state index is 12.9. The second-order valence-electron chi connectivity index (χ2n) is 8.48. The Kier molecular flexibility index (Phi) is 8.18. The molecule has 0 fully saturated rings. The van der Waals surface area contributed by atoms with Gasteiger partial charge in [0.1, 0.15) is 12.4 Å². The minimum atomic E-state index is -3.46. The molecular formula is C30H28O5S. The fraction of sp³-hybridized carbons (Fsp3) is 0.167. The number of benzene rings is 4. The molecule has 0 heterocycles. The number of methoxy groups -OCH3 is 1. The van der Waals surface area contributed by atoms with Gasteiger partial charge in [-0.25, -0.2) is 13.2 Å². The summed E-state index contributed by atoms with van der Waals surface area (Å²) in [6.45, 7) is 0.321. The van der Waals surface area contributed by atoms with E-state index in [-0.39, 0.29) is 11.7 Å². The summed E-state index contributed by atoms with van der Waals surface area (Å²) in [6, 6.07) is 31.3. The number of hydrogen-bond donors (Lipinski definition) is 0. The summed E-state index contributed by atoms with van der Waals surface area (Å²) in [6.07, 6.45) is 1.51. The van der Waals surface area contributed by atoms with Crippen LogP contribution in [0.2, 0.25) is 0 Å². The SMILES string of the molecule is COC(=O)c1ccc(COc2ccc(CS(=O)(=O)c3ccccc3)cc2CCc2ccccc2)cc1. The standard InChI is InChI=1S/C30H28O5S/c1-34-30(31)26-16-13-24(14-17-26)21-35-29-19-15-25(22-36(32,33)28-10-6-3-7-11-28)20-27(29)18-12-23-8-4-2-5-9-23/h2-11,13-17,19-20H,12,18,21-22H2,1H3. The van der Waals surface area contributed by atoms with Crippen LogP contribution in [0.25, 0.3) is 0 Å². The van der Waals surface area contributed by atoms with Crippen LogP contribution in [0.15, 0.2) is 108 Å². The molecular weight excluding hydrogens is 472 g/mol. The second kappa shape index (κ2) is 11.7. The van der Waals surface area contributed by atoms with Crippen molar-refractivity contribution in [2.75, 3.05) is 7.11 Å². The van der Waals surface area contributed by atoms with E-state index >= 15 is 0 Å². The summed E-state index contributed by atoms with van der Waals surface area (Å²) in [7, 11) is -2.11.